The Bertz CT molecular complexity index is 3870. The molecule has 7 heteroatoms. The molecule has 12 rings (SSSR count). The van der Waals surface area contributed by atoms with Gasteiger partial charge in [-0.2, -0.15) is 12.1 Å². The van der Waals surface area contributed by atoms with Crippen molar-refractivity contribution in [3.05, 3.63) is 218 Å². The van der Waals surface area contributed by atoms with Crippen LogP contribution < -0.4 is 14.5 Å². The van der Waals surface area contributed by atoms with E-state index in [1.165, 1.54) is 38.6 Å². The molecule has 3 aromatic heterocycles. The van der Waals surface area contributed by atoms with E-state index in [2.05, 4.69) is 258 Å². The molecule has 1 aliphatic heterocycles. The van der Waals surface area contributed by atoms with Crippen LogP contribution >= 0.6 is 0 Å². The molecule has 73 heavy (non-hydrogen) atoms. The molecule has 0 spiro atoms. The first kappa shape index (κ1) is 47.9. The Balaban J connectivity index is 0.00000574. The number of rotatable bonds is 7. The van der Waals surface area contributed by atoms with Gasteiger partial charge in [0.05, 0.1) is 11.0 Å². The molecule has 6 nitrogen and oxygen atoms in total. The van der Waals surface area contributed by atoms with Crippen molar-refractivity contribution in [2.45, 2.75) is 78.6 Å². The summed E-state index contributed by atoms with van der Waals surface area (Å²) >= 11 is 0. The topological polar surface area (TPSA) is 38.5 Å². The first-order valence-corrected chi connectivity index (χ1v) is 25.0. The molecule has 0 fully saturated rings. The molecule has 0 atom stereocenters. The number of pyridine rings is 1. The molecule has 1 aliphatic rings. The fourth-order valence-corrected chi connectivity index (χ4v) is 10.3. The van der Waals surface area contributed by atoms with Crippen molar-refractivity contribution < 1.29 is 25.8 Å². The van der Waals surface area contributed by atoms with Crippen LogP contribution in [-0.2, 0) is 37.3 Å². The van der Waals surface area contributed by atoms with Crippen molar-refractivity contribution in [2.24, 2.45) is 0 Å². The van der Waals surface area contributed by atoms with E-state index in [9.17, 15) is 0 Å². The SMILES string of the molecule is CC(C)(C)c1cc(N2[CH-]N(c3[c-]c(Oc4[c-]c5c(cc4)c4ccc(-n6c7ccccc7c7cc(-c8ccccc8)ccc76)cc4n5-c4cc(C(C)(C)C)ccn4)ccc3)c3ccccc32)cc(C(C)(C)C)c1.[Pt]. The molecule has 0 saturated carbocycles. The molecule has 4 heterocycles. The summed E-state index contributed by atoms with van der Waals surface area (Å²) in [6, 6.07) is 70.5. The van der Waals surface area contributed by atoms with Gasteiger partial charge in [-0.05, 0) is 116 Å². The van der Waals surface area contributed by atoms with E-state index in [-0.39, 0.29) is 37.3 Å². The fraction of sp³-hybridized carbons (Fsp3) is 0.182. The van der Waals surface area contributed by atoms with Crippen LogP contribution in [0.1, 0.15) is 79.0 Å². The van der Waals surface area contributed by atoms with Crippen LogP contribution in [0.25, 0.3) is 66.2 Å². The molecule has 0 unspecified atom stereocenters. The summed E-state index contributed by atoms with van der Waals surface area (Å²) in [6.07, 6.45) is 1.93. The molecule has 8 aromatic carbocycles. The molecule has 0 aliphatic carbocycles. The van der Waals surface area contributed by atoms with Crippen LogP contribution in [-0.4, -0.2) is 14.1 Å². The number of aromatic nitrogens is 3. The fourth-order valence-electron chi connectivity index (χ4n) is 10.3. The number of fused-ring (bicyclic) bond motifs is 7. The van der Waals surface area contributed by atoms with Gasteiger partial charge < -0.3 is 23.7 Å². The van der Waals surface area contributed by atoms with Crippen molar-refractivity contribution >= 4 is 66.4 Å². The normalized spacial score (nSPS) is 13.1. The van der Waals surface area contributed by atoms with Gasteiger partial charge in [-0.25, -0.2) is 4.98 Å². The minimum Gasteiger partial charge on any atom is -0.509 e. The molecule has 366 valence electrons. The van der Waals surface area contributed by atoms with Crippen LogP contribution in [0.15, 0.2) is 182 Å². The number of hydrogen-bond acceptors (Lipinski definition) is 4. The zero-order valence-electron chi connectivity index (χ0n) is 42.9. The van der Waals surface area contributed by atoms with Crippen molar-refractivity contribution in [2.75, 3.05) is 9.80 Å². The number of anilines is 4. The van der Waals surface area contributed by atoms with E-state index in [1.807, 2.05) is 24.4 Å². The third kappa shape index (κ3) is 8.60. The quantitative estimate of drug-likeness (QED) is 0.149. The van der Waals surface area contributed by atoms with Crippen molar-refractivity contribution in [3.63, 3.8) is 0 Å². The molecular weight excluding hydrogens is 1070 g/mol. The second kappa shape index (κ2) is 18.0. The Morgan fingerprint density at radius 3 is 1.82 bits per heavy atom. The number of benzene rings is 8. The average molecular weight is 1130 g/mol. The second-order valence-corrected chi connectivity index (χ2v) is 22.3. The van der Waals surface area contributed by atoms with Gasteiger partial charge in [0.25, 0.3) is 0 Å². The summed E-state index contributed by atoms with van der Waals surface area (Å²) in [6.45, 7) is 22.6. The molecule has 0 radical (unpaired) electrons. The third-order valence-electron chi connectivity index (χ3n) is 14.3. The van der Waals surface area contributed by atoms with E-state index < -0.39 is 0 Å². The van der Waals surface area contributed by atoms with E-state index >= 15 is 0 Å². The van der Waals surface area contributed by atoms with E-state index in [0.717, 1.165) is 67.1 Å². The number of ether oxygens (including phenoxy) is 1. The zero-order valence-corrected chi connectivity index (χ0v) is 45.1. The van der Waals surface area contributed by atoms with Gasteiger partial charge in [0, 0.05) is 77.8 Å². The van der Waals surface area contributed by atoms with Crippen LogP contribution in [0.5, 0.6) is 11.5 Å². The van der Waals surface area contributed by atoms with Gasteiger partial charge in [0.2, 0.25) is 0 Å². The molecule has 0 amide bonds. The van der Waals surface area contributed by atoms with E-state index in [4.69, 9.17) is 9.72 Å². The smallest absolute Gasteiger partial charge is 0.135 e. The Morgan fingerprint density at radius 2 is 1.08 bits per heavy atom. The van der Waals surface area contributed by atoms with Gasteiger partial charge in [-0.1, -0.05) is 147 Å². The number of nitrogens with zero attached hydrogens (tertiary/aromatic N) is 5. The maximum atomic E-state index is 6.77. The summed E-state index contributed by atoms with van der Waals surface area (Å²) in [5.41, 5.74) is 15.6. The van der Waals surface area contributed by atoms with E-state index in [1.54, 1.807) is 0 Å². The monoisotopic (exact) mass is 1130 g/mol. The minimum absolute atomic E-state index is 0. The Morgan fingerprint density at radius 1 is 0.438 bits per heavy atom. The molecule has 0 bridgehead atoms. The predicted molar refractivity (Wildman–Crippen MR) is 300 cm³/mol. The first-order valence-electron chi connectivity index (χ1n) is 25.0. The number of para-hydroxylation sites is 3. The van der Waals surface area contributed by atoms with Gasteiger partial charge in [0.1, 0.15) is 5.82 Å². The zero-order chi connectivity index (χ0) is 49.7. The standard InChI is InChI=1S/C66H58N5O.Pt/c1-64(2,3)45-32-33-67-63(38-45)71-61-40-49(70-57-23-14-13-22-53(57)56-34-44(26-31-58(56)70)43-18-11-10-12-19-43)27-29-54(61)55-30-28-52(41-62(55)71)72-51-21-17-20-48(39-51)68-42-69(60-25-16-15-24-59(60)68)50-36-46(65(4,5)6)35-47(37-50)66(7,8)9;/h10-38,40,42H,1-9H3;/q-3;. The first-order chi connectivity index (χ1) is 34.6. The summed E-state index contributed by atoms with van der Waals surface area (Å²) in [4.78, 5) is 9.56. The van der Waals surface area contributed by atoms with Crippen LogP contribution in [0.2, 0.25) is 0 Å². The minimum atomic E-state index is -0.0852. The third-order valence-corrected chi connectivity index (χ3v) is 14.3. The summed E-state index contributed by atoms with van der Waals surface area (Å²) in [5.74, 6) is 2.01. The van der Waals surface area contributed by atoms with Crippen LogP contribution in [0.4, 0.5) is 22.7 Å². The summed E-state index contributed by atoms with van der Waals surface area (Å²) in [7, 11) is 0. The largest absolute Gasteiger partial charge is 0.509 e. The average Bonchev–Trinajstić information content (AvgIpc) is 4.03. The van der Waals surface area contributed by atoms with Gasteiger partial charge in [0.15, 0.2) is 0 Å². The second-order valence-electron chi connectivity index (χ2n) is 22.3. The van der Waals surface area contributed by atoms with Crippen LogP contribution in [0.3, 0.4) is 0 Å². The molecule has 0 N–H and O–H groups in total. The van der Waals surface area contributed by atoms with Crippen molar-refractivity contribution in [1.82, 2.24) is 14.1 Å². The van der Waals surface area contributed by atoms with Crippen molar-refractivity contribution in [3.8, 4) is 34.1 Å². The van der Waals surface area contributed by atoms with Gasteiger partial charge >= 0.3 is 0 Å². The summed E-state index contributed by atoms with van der Waals surface area (Å²) in [5, 5.41) is 4.60. The molecule has 11 aromatic rings. The predicted octanol–water partition coefficient (Wildman–Crippen LogP) is 17.6. The van der Waals surface area contributed by atoms with E-state index in [0.29, 0.717) is 11.5 Å². The van der Waals surface area contributed by atoms with Gasteiger partial charge in [-0.3, -0.25) is 0 Å². The van der Waals surface area contributed by atoms with Gasteiger partial charge in [-0.15, -0.1) is 48.1 Å². The number of hydrogen-bond donors (Lipinski definition) is 0. The maximum absolute atomic E-state index is 6.77. The molecular formula is C66H58N5OPt-3. The Labute approximate surface area is 443 Å². The Hall–Kier alpha value is -7.40. The summed E-state index contributed by atoms with van der Waals surface area (Å²) < 4.78 is 11.4. The van der Waals surface area contributed by atoms with Crippen molar-refractivity contribution in [1.29, 1.82) is 0 Å². The molecule has 0 saturated heterocycles. The maximum Gasteiger partial charge on any atom is 0.135 e. The Kier molecular flexibility index (Phi) is 11.8. The van der Waals surface area contributed by atoms with Crippen LogP contribution in [0, 0.1) is 18.8 Å².